The van der Waals surface area contributed by atoms with E-state index in [1.54, 1.807) is 0 Å². The SMILES string of the molecule is CCc1cc(N2C=C(C)CCc3ccccc32)nc(N[C@@H](C)c2ccccc2)n1.[HH]. The summed E-state index contributed by atoms with van der Waals surface area (Å²) in [5, 5.41) is 3.49. The van der Waals surface area contributed by atoms with Gasteiger partial charge in [-0.2, -0.15) is 4.98 Å². The maximum absolute atomic E-state index is 4.90. The van der Waals surface area contributed by atoms with Gasteiger partial charge in [-0.25, -0.2) is 4.98 Å². The molecule has 3 aromatic rings. The summed E-state index contributed by atoms with van der Waals surface area (Å²) in [6, 6.07) is 21.2. The van der Waals surface area contributed by atoms with Crippen LogP contribution >= 0.6 is 0 Å². The zero-order valence-corrected chi connectivity index (χ0v) is 17.4. The van der Waals surface area contributed by atoms with Crippen molar-refractivity contribution in [3.63, 3.8) is 0 Å². The van der Waals surface area contributed by atoms with Crippen LogP contribution in [0.3, 0.4) is 0 Å². The minimum atomic E-state index is 0. The number of hydrogen-bond donors (Lipinski definition) is 1. The zero-order chi connectivity index (χ0) is 20.2. The van der Waals surface area contributed by atoms with Gasteiger partial charge in [0.1, 0.15) is 5.82 Å². The number of allylic oxidation sites excluding steroid dienone is 1. The lowest BCUT2D eigenvalue weighted by Gasteiger charge is -2.23. The van der Waals surface area contributed by atoms with E-state index in [9.17, 15) is 0 Å². The fraction of sp³-hybridized carbons (Fsp3) is 0.280. The molecule has 1 atom stereocenters. The highest BCUT2D eigenvalue weighted by Gasteiger charge is 2.18. The van der Waals surface area contributed by atoms with Crippen LogP contribution in [0.4, 0.5) is 17.5 Å². The van der Waals surface area contributed by atoms with Crippen LogP contribution in [0.15, 0.2) is 72.4 Å². The molecule has 0 radical (unpaired) electrons. The van der Waals surface area contributed by atoms with Gasteiger partial charge >= 0.3 is 0 Å². The van der Waals surface area contributed by atoms with Crippen LogP contribution in [-0.2, 0) is 12.8 Å². The third-order valence-corrected chi connectivity index (χ3v) is 5.41. The summed E-state index contributed by atoms with van der Waals surface area (Å²) in [5.74, 6) is 1.58. The molecule has 0 amide bonds. The standard InChI is InChI=1S/C25H28N4.H2/c1-4-22-16-24(28-25(27-22)26-19(3)20-10-6-5-7-11-20)29-17-18(2)14-15-21-12-8-9-13-23(21)29;/h5-13,16-17,19H,4,14-15H2,1-3H3,(H,26,27,28);1H/t19-;/m0./s1. The largest absolute Gasteiger partial charge is 0.348 e. The first-order valence-electron chi connectivity index (χ1n) is 10.4. The Balaban J connectivity index is 0.00000256. The Hall–Kier alpha value is -3.14. The smallest absolute Gasteiger partial charge is 0.225 e. The molecule has 0 spiro atoms. The quantitative estimate of drug-likeness (QED) is 0.547. The summed E-state index contributed by atoms with van der Waals surface area (Å²) in [4.78, 5) is 11.9. The van der Waals surface area contributed by atoms with E-state index in [0.717, 1.165) is 30.8 Å². The third kappa shape index (κ3) is 4.32. The zero-order valence-electron chi connectivity index (χ0n) is 17.4. The topological polar surface area (TPSA) is 41.1 Å². The highest BCUT2D eigenvalue weighted by atomic mass is 15.2. The second kappa shape index (κ2) is 8.48. The molecular weight excluding hydrogens is 356 g/mol. The lowest BCUT2D eigenvalue weighted by molar-refractivity contribution is 0.850. The van der Waals surface area contributed by atoms with Gasteiger partial charge in [0.05, 0.1) is 11.7 Å². The van der Waals surface area contributed by atoms with Crippen molar-refractivity contribution in [2.75, 3.05) is 10.2 Å². The predicted octanol–water partition coefficient (Wildman–Crippen LogP) is 6.45. The van der Waals surface area contributed by atoms with E-state index in [0.29, 0.717) is 5.95 Å². The number of nitrogens with one attached hydrogen (secondary N) is 1. The Bertz CT molecular complexity index is 1020. The molecule has 0 fully saturated rings. The molecule has 2 aromatic carbocycles. The molecule has 0 aliphatic carbocycles. The van der Waals surface area contributed by atoms with Crippen molar-refractivity contribution < 1.29 is 1.43 Å². The van der Waals surface area contributed by atoms with Gasteiger partial charge in [0.2, 0.25) is 5.95 Å². The van der Waals surface area contributed by atoms with E-state index in [2.05, 4.69) is 91.8 Å². The molecule has 4 heteroatoms. The number of aromatic nitrogens is 2. The van der Waals surface area contributed by atoms with E-state index in [4.69, 9.17) is 9.97 Å². The predicted molar refractivity (Wildman–Crippen MR) is 123 cm³/mol. The Morgan fingerprint density at radius 1 is 1.03 bits per heavy atom. The van der Waals surface area contributed by atoms with Crippen LogP contribution in [-0.4, -0.2) is 9.97 Å². The van der Waals surface area contributed by atoms with E-state index in [-0.39, 0.29) is 7.47 Å². The molecule has 29 heavy (non-hydrogen) atoms. The first kappa shape index (κ1) is 19.2. The molecule has 1 aliphatic rings. The molecule has 1 N–H and O–H groups in total. The number of hydrogen-bond acceptors (Lipinski definition) is 4. The van der Waals surface area contributed by atoms with Gasteiger partial charge in [0.15, 0.2) is 0 Å². The van der Waals surface area contributed by atoms with E-state index in [1.165, 1.54) is 22.4 Å². The number of rotatable bonds is 5. The average Bonchev–Trinajstić information content (AvgIpc) is 2.93. The summed E-state index contributed by atoms with van der Waals surface area (Å²) in [5.41, 5.74) is 6.16. The van der Waals surface area contributed by atoms with Gasteiger partial charge in [-0.1, -0.05) is 61.0 Å². The van der Waals surface area contributed by atoms with Gasteiger partial charge in [-0.3, -0.25) is 0 Å². The number of para-hydroxylation sites is 1. The Kier molecular flexibility index (Phi) is 5.61. The second-order valence-corrected chi connectivity index (χ2v) is 7.65. The maximum atomic E-state index is 4.90. The van der Waals surface area contributed by atoms with E-state index in [1.807, 2.05) is 6.07 Å². The Morgan fingerprint density at radius 2 is 1.79 bits per heavy atom. The van der Waals surface area contributed by atoms with Crippen molar-refractivity contribution in [2.24, 2.45) is 0 Å². The lowest BCUT2D eigenvalue weighted by Crippen LogP contribution is -2.16. The minimum absolute atomic E-state index is 0. The molecule has 1 aliphatic heterocycles. The fourth-order valence-electron chi connectivity index (χ4n) is 3.70. The summed E-state index contributed by atoms with van der Waals surface area (Å²) in [6.45, 7) is 6.47. The molecule has 1 aromatic heterocycles. The van der Waals surface area contributed by atoms with Gasteiger partial charge in [-0.15, -0.1) is 0 Å². The van der Waals surface area contributed by atoms with Crippen molar-refractivity contribution in [3.8, 4) is 0 Å². The van der Waals surface area contributed by atoms with Gasteiger partial charge in [0.25, 0.3) is 0 Å². The summed E-state index contributed by atoms with van der Waals surface area (Å²) in [7, 11) is 0. The molecule has 0 unspecified atom stereocenters. The number of nitrogens with zero attached hydrogens (tertiary/aromatic N) is 3. The normalized spacial score (nSPS) is 14.6. The molecule has 0 bridgehead atoms. The maximum Gasteiger partial charge on any atom is 0.225 e. The van der Waals surface area contributed by atoms with Crippen molar-refractivity contribution in [1.29, 1.82) is 0 Å². The Morgan fingerprint density at radius 3 is 2.59 bits per heavy atom. The fourth-order valence-corrected chi connectivity index (χ4v) is 3.70. The molecule has 4 rings (SSSR count). The van der Waals surface area contributed by atoms with Gasteiger partial charge in [0, 0.05) is 19.4 Å². The summed E-state index contributed by atoms with van der Waals surface area (Å²) >= 11 is 0. The van der Waals surface area contributed by atoms with Crippen molar-refractivity contribution in [2.45, 2.75) is 46.1 Å². The second-order valence-electron chi connectivity index (χ2n) is 7.65. The molecule has 150 valence electrons. The highest BCUT2D eigenvalue weighted by molar-refractivity contribution is 5.68. The monoisotopic (exact) mass is 386 g/mol. The van der Waals surface area contributed by atoms with Crippen LogP contribution in [0.2, 0.25) is 0 Å². The van der Waals surface area contributed by atoms with Gasteiger partial charge < -0.3 is 10.2 Å². The average molecular weight is 387 g/mol. The number of anilines is 3. The number of benzene rings is 2. The Labute approximate surface area is 174 Å². The lowest BCUT2D eigenvalue weighted by atomic mass is 10.1. The molecule has 4 nitrogen and oxygen atoms in total. The van der Waals surface area contributed by atoms with E-state index >= 15 is 0 Å². The van der Waals surface area contributed by atoms with Crippen molar-refractivity contribution >= 4 is 17.5 Å². The molecule has 0 saturated carbocycles. The highest BCUT2D eigenvalue weighted by Crippen LogP contribution is 2.33. The van der Waals surface area contributed by atoms with Crippen LogP contribution in [0.25, 0.3) is 0 Å². The van der Waals surface area contributed by atoms with Gasteiger partial charge in [-0.05, 0) is 50.3 Å². The van der Waals surface area contributed by atoms with Crippen LogP contribution < -0.4 is 10.2 Å². The molecule has 0 saturated heterocycles. The first-order valence-corrected chi connectivity index (χ1v) is 10.4. The van der Waals surface area contributed by atoms with Crippen LogP contribution in [0.5, 0.6) is 0 Å². The molecule has 2 heterocycles. The van der Waals surface area contributed by atoms with Crippen molar-refractivity contribution in [3.05, 3.63) is 89.3 Å². The first-order chi connectivity index (χ1) is 14.1. The summed E-state index contributed by atoms with van der Waals surface area (Å²) in [6.07, 6.45) is 5.20. The van der Waals surface area contributed by atoms with Crippen LogP contribution in [0.1, 0.15) is 51.5 Å². The summed E-state index contributed by atoms with van der Waals surface area (Å²) < 4.78 is 0. The van der Waals surface area contributed by atoms with Crippen molar-refractivity contribution in [1.82, 2.24) is 9.97 Å². The minimum Gasteiger partial charge on any atom is -0.348 e. The molecular formula is C25H30N4. The third-order valence-electron chi connectivity index (χ3n) is 5.41. The van der Waals surface area contributed by atoms with Crippen LogP contribution in [0, 0.1) is 0 Å². The number of fused-ring (bicyclic) bond motifs is 1. The number of aryl methyl sites for hydroxylation is 2. The van der Waals surface area contributed by atoms with E-state index < -0.39 is 0 Å².